The van der Waals surface area contributed by atoms with Crippen molar-refractivity contribution in [3.63, 3.8) is 0 Å². The van der Waals surface area contributed by atoms with Crippen LogP contribution in [0.4, 0.5) is 18.9 Å². The number of halogens is 3. The smallest absolute Gasteiger partial charge is 0.481 e. The second-order valence-corrected chi connectivity index (χ2v) is 28.6. The molecule has 48 heteroatoms. The number of nitrogens with two attached hydrogens (primary N) is 3. The molecule has 1 saturated heterocycles. The molecule has 123 heavy (non-hydrogen) atoms. The van der Waals surface area contributed by atoms with Crippen LogP contribution >= 0.6 is 0 Å². The fraction of sp³-hybridized carbons (Fsp3) is 0.533. The summed E-state index contributed by atoms with van der Waals surface area (Å²) < 4.78 is 37.4. The Kier molecular flexibility index (Phi) is 43.2. The van der Waals surface area contributed by atoms with Crippen molar-refractivity contribution in [2.75, 3.05) is 32.0 Å². The van der Waals surface area contributed by atoms with E-state index in [0.717, 1.165) is 46.5 Å². The number of nitrogen functional groups attached to an aromatic ring is 1. The summed E-state index contributed by atoms with van der Waals surface area (Å²) in [6.45, 7) is 3.27. The summed E-state index contributed by atoms with van der Waals surface area (Å²) in [6.07, 6.45) is -8.53. The molecule has 0 saturated carbocycles. The Balaban J connectivity index is 0.00000533. The van der Waals surface area contributed by atoms with Crippen molar-refractivity contribution in [1.29, 1.82) is 0 Å². The molecule has 2 unspecified atom stereocenters. The van der Waals surface area contributed by atoms with Gasteiger partial charge in [0.1, 0.15) is 72.6 Å². The first-order valence-corrected chi connectivity index (χ1v) is 38.5. The van der Waals surface area contributed by atoms with Crippen LogP contribution in [0.15, 0.2) is 54.7 Å². The minimum absolute atomic E-state index is 0.0230. The lowest BCUT2D eigenvalue weighted by atomic mass is 9.96. The number of esters is 1. The largest absolute Gasteiger partial charge is 0.490 e. The Bertz CT molecular complexity index is 4320. The number of carbonyl (C=O) groups is 21. The molecule has 1 aliphatic rings. The summed E-state index contributed by atoms with van der Waals surface area (Å²) in [6, 6.07) is -10.5. The molecule has 0 radical (unpaired) electrons. The number of aromatic amines is 1. The van der Waals surface area contributed by atoms with Crippen LogP contribution in [0.5, 0.6) is 0 Å². The fourth-order valence-corrected chi connectivity index (χ4v) is 11.8. The molecular formula is C75H104F3N17O28. The number of carbonyl (C=O) groups excluding carboxylic acids is 16. The molecule has 2 aromatic carbocycles. The number of ketones is 1. The lowest BCUT2D eigenvalue weighted by Crippen LogP contribution is -2.62. The van der Waals surface area contributed by atoms with Crippen LogP contribution in [-0.4, -0.2) is 265 Å². The number of amides is 14. The Morgan fingerprint density at radius 3 is 1.67 bits per heavy atom. The van der Waals surface area contributed by atoms with E-state index in [2.05, 4.69) is 72.0 Å². The monoisotopic (exact) mass is 1750 g/mol. The van der Waals surface area contributed by atoms with E-state index >= 15 is 0 Å². The number of para-hydroxylation sites is 2. The van der Waals surface area contributed by atoms with Crippen LogP contribution in [0, 0.1) is 11.8 Å². The zero-order chi connectivity index (χ0) is 92.7. The molecule has 0 bridgehead atoms. The number of aliphatic carboxylic acids is 5. The number of carboxylic acids is 5. The highest BCUT2D eigenvalue weighted by Crippen LogP contribution is 2.22. The van der Waals surface area contributed by atoms with Crippen molar-refractivity contribution in [3.8, 4) is 0 Å². The number of nitrogens with one attached hydrogen (secondary N) is 14. The van der Waals surface area contributed by atoms with Gasteiger partial charge in [-0.25, -0.2) is 9.59 Å². The van der Waals surface area contributed by atoms with Crippen LogP contribution in [0.25, 0.3) is 10.9 Å². The van der Waals surface area contributed by atoms with E-state index in [-0.39, 0.29) is 37.1 Å². The number of hydrogen-bond donors (Lipinski definition) is 23. The SMILES string of the molecule is CCC(C)CCCCCCC(=O)N[C@@H](Cc1c[nH]c2ccccc12)C(=O)NC(CC(N)=O)C(=O)N[C@@H](CC(=O)O)C(=O)N[C@@H]1C(=O)NCC(=O)N[C@@H](CCCN)C(=O)N[C@@H](CC(=O)O)C(=O)N[C@H](C)C(=O)N[C@@H](CC(=O)O)C(=O)NCC(=O)N[C@H](CO)C(=O)N[C@@H]([C@H](C)CC(=O)O)C(=O)N[C@@H](CC(=O)c2ccccc2N)C(=O)O[C@@H]1C.O=C(O)C(F)(F)F. The van der Waals surface area contributed by atoms with Gasteiger partial charge in [0.05, 0.1) is 51.8 Å². The number of Topliss-reactive ketones (excluding diaryl/α,β-unsaturated/α-hetero) is 1. The number of anilines is 1. The lowest BCUT2D eigenvalue weighted by molar-refractivity contribution is -0.192. The first kappa shape index (κ1) is 104. The molecule has 3 aromatic rings. The van der Waals surface area contributed by atoms with Gasteiger partial charge in [-0.3, -0.25) is 91.1 Å². The second-order valence-electron chi connectivity index (χ2n) is 28.6. The average Bonchev–Trinajstić information content (AvgIpc) is 1.75. The van der Waals surface area contributed by atoms with Crippen LogP contribution < -0.4 is 86.3 Å². The molecule has 1 aromatic heterocycles. The molecule has 1 aliphatic heterocycles. The zero-order valence-corrected chi connectivity index (χ0v) is 67.5. The van der Waals surface area contributed by atoms with Gasteiger partial charge in [0.15, 0.2) is 5.78 Å². The van der Waals surface area contributed by atoms with Gasteiger partial charge in [0.25, 0.3) is 0 Å². The van der Waals surface area contributed by atoms with E-state index < -0.39 is 274 Å². The number of primary amides is 1. The van der Waals surface area contributed by atoms with Crippen LogP contribution in [0.2, 0.25) is 0 Å². The van der Waals surface area contributed by atoms with Gasteiger partial charge in [-0.05, 0) is 75.3 Å². The predicted molar refractivity (Wildman–Crippen MR) is 418 cm³/mol. The van der Waals surface area contributed by atoms with Crippen molar-refractivity contribution < 1.29 is 149 Å². The number of benzene rings is 2. The summed E-state index contributed by atoms with van der Waals surface area (Å²) in [5.41, 5.74) is 18.1. The van der Waals surface area contributed by atoms with Gasteiger partial charge in [-0.15, -0.1) is 0 Å². The molecule has 45 nitrogen and oxygen atoms in total. The van der Waals surface area contributed by atoms with Crippen LogP contribution in [0.3, 0.4) is 0 Å². The number of H-pyrrole nitrogens is 1. The van der Waals surface area contributed by atoms with Gasteiger partial charge in [0, 0.05) is 47.6 Å². The molecule has 4 rings (SSSR count). The minimum atomic E-state index is -5.08. The molecular weight excluding hydrogens is 1640 g/mol. The highest BCUT2D eigenvalue weighted by Gasteiger charge is 2.42. The maximum atomic E-state index is 14.8. The number of rotatable bonds is 35. The maximum absolute atomic E-state index is 14.8. The van der Waals surface area contributed by atoms with Crippen molar-refractivity contribution in [1.82, 2.24) is 74.1 Å². The van der Waals surface area contributed by atoms with Crippen molar-refractivity contribution >= 4 is 141 Å². The van der Waals surface area contributed by atoms with E-state index in [9.17, 15) is 135 Å². The normalized spacial score (nSPS) is 20.8. The van der Waals surface area contributed by atoms with Gasteiger partial charge < -0.3 is 127 Å². The highest BCUT2D eigenvalue weighted by molar-refractivity contribution is 6.05. The summed E-state index contributed by atoms with van der Waals surface area (Å²) in [5, 5.41) is 85.8. The Morgan fingerprint density at radius 1 is 0.569 bits per heavy atom. The zero-order valence-electron chi connectivity index (χ0n) is 67.5. The number of aromatic nitrogens is 1. The van der Waals surface area contributed by atoms with Crippen molar-refractivity contribution in [3.05, 3.63) is 65.9 Å². The summed E-state index contributed by atoms with van der Waals surface area (Å²) in [5.74, 6) is -32.0. The van der Waals surface area contributed by atoms with E-state index in [1.165, 1.54) is 24.3 Å². The third-order valence-electron chi connectivity index (χ3n) is 18.6. The molecule has 2 heterocycles. The Morgan fingerprint density at radius 2 is 1.10 bits per heavy atom. The number of fused-ring (bicyclic) bond motifs is 1. The number of hydrogen-bond acceptors (Lipinski definition) is 25. The number of aliphatic hydroxyl groups is 1. The Hall–Kier alpha value is -13.4. The molecule has 1 fully saturated rings. The number of carboxylic acid groups (broad SMARTS) is 5. The fourth-order valence-electron chi connectivity index (χ4n) is 11.8. The third-order valence-corrected chi connectivity index (χ3v) is 18.6. The van der Waals surface area contributed by atoms with Crippen molar-refractivity contribution in [2.45, 2.75) is 216 Å². The number of cyclic esters (lactones) is 1. The minimum Gasteiger partial charge on any atom is -0.481 e. The van der Waals surface area contributed by atoms with Gasteiger partial charge in [-0.2, -0.15) is 13.2 Å². The quantitative estimate of drug-likeness (QED) is 0.0114. The van der Waals surface area contributed by atoms with Gasteiger partial charge in [-0.1, -0.05) is 83.2 Å². The molecule has 14 atom stereocenters. The number of unbranched alkanes of at least 4 members (excludes halogenated alkanes) is 3. The van der Waals surface area contributed by atoms with Crippen LogP contribution in [-0.2, 0) is 107 Å². The first-order valence-electron chi connectivity index (χ1n) is 38.5. The number of ether oxygens (including phenoxy) is 1. The summed E-state index contributed by atoms with van der Waals surface area (Å²) in [7, 11) is 0. The van der Waals surface area contributed by atoms with Gasteiger partial charge >= 0.3 is 42.0 Å². The predicted octanol–water partition coefficient (Wildman–Crippen LogP) is -4.74. The Labute approximate surface area is 699 Å². The number of alkyl halides is 3. The molecule has 678 valence electrons. The van der Waals surface area contributed by atoms with E-state index in [0.29, 0.717) is 35.2 Å². The molecule has 26 N–H and O–H groups in total. The topological polar surface area (TPSA) is 739 Å². The highest BCUT2D eigenvalue weighted by atomic mass is 19.4. The number of aliphatic hydroxyl groups excluding tert-OH is 1. The van der Waals surface area contributed by atoms with Gasteiger partial charge in [0.2, 0.25) is 82.7 Å². The lowest BCUT2D eigenvalue weighted by Gasteiger charge is -2.30. The molecule has 0 aliphatic carbocycles. The van der Waals surface area contributed by atoms with Crippen molar-refractivity contribution in [2.24, 2.45) is 23.3 Å². The van der Waals surface area contributed by atoms with E-state index in [4.69, 9.17) is 31.8 Å². The van der Waals surface area contributed by atoms with E-state index in [1.54, 1.807) is 30.5 Å². The van der Waals surface area contributed by atoms with Crippen LogP contribution in [0.1, 0.15) is 147 Å². The second kappa shape index (κ2) is 51.2. The molecule has 0 spiro atoms. The first-order chi connectivity index (χ1) is 57.7. The molecule has 14 amide bonds. The van der Waals surface area contributed by atoms with E-state index in [1.807, 2.05) is 16.0 Å². The third kappa shape index (κ3) is 37.0. The average molecular weight is 1750 g/mol. The standard InChI is InChI=1S/C73H103N17O26.C2HF3O2/c1-6-35(2)16-9-7-8-10-22-54(94)82-45(25-39-31-77-43-20-14-12-17-40(39)43)67(109)85-46(27-53(76)93)68(110)87-49(30-60(103)104)69(111)90-62-38(5)116-73(115)50(26-52(92)41-18-11-13-19-42(41)75)88-72(114)61(36(3)24-57(97)98)89-70(112)51(34-91)83-56(96)32-78-64(106)47(28-58(99)100)84-63(105)37(4)80-66(108)48(29-59(101)102)86-65(107)44(21-15-23-74)81-55(95)33-79-71(62)113;3-2(4,5)1(6)7/h11-14,17-20,31,35-38,44-51,61-62,77,91H,6-10,15-16,21-30,32-34,74-75H2,1-5H3,(H2,76,93)(H,78,106)(H,79,113)(H,80,108)(H,81,95)(H,82,94)(H,83,96)(H,84,105)(H,85,109)(H,86,107)(H,87,110)(H,88,114)(H,89,112)(H,90,111)(H,97,98)(H,99,100)(H,101,102)(H,103,104);(H,6,7)/t35?,36-,37-,38-,44+,45+,46?,47+,48+,49+,50+,51-,61+,62+;/m1./s1. The summed E-state index contributed by atoms with van der Waals surface area (Å²) >= 11 is 0. The summed E-state index contributed by atoms with van der Waals surface area (Å²) in [4.78, 5) is 285. The maximum Gasteiger partial charge on any atom is 0.490 e.